The van der Waals surface area contributed by atoms with Crippen LogP contribution in [0.3, 0.4) is 0 Å². The summed E-state index contributed by atoms with van der Waals surface area (Å²) < 4.78 is 5.21. The number of likely N-dealkylation sites (tertiary alicyclic amines) is 1. The third-order valence-corrected chi connectivity index (χ3v) is 6.79. The number of ether oxygens (including phenoxy) is 1. The Morgan fingerprint density at radius 3 is 2.53 bits per heavy atom. The Bertz CT molecular complexity index is 923. The van der Waals surface area contributed by atoms with Crippen LogP contribution in [0, 0.1) is 5.92 Å². The number of piperidine rings is 1. The van der Waals surface area contributed by atoms with Crippen molar-refractivity contribution in [3.8, 4) is 5.75 Å². The summed E-state index contributed by atoms with van der Waals surface area (Å²) in [4.78, 5) is 41.2. The van der Waals surface area contributed by atoms with Crippen LogP contribution in [0.4, 0.5) is 0 Å². The van der Waals surface area contributed by atoms with Crippen molar-refractivity contribution >= 4 is 29.1 Å². The molecule has 172 valence electrons. The maximum Gasteiger partial charge on any atom is 0.263 e. The fraction of sp³-hybridized carbons (Fsp3) is 0.458. The minimum absolute atomic E-state index is 0.0132. The van der Waals surface area contributed by atoms with E-state index in [0.717, 1.165) is 11.3 Å². The van der Waals surface area contributed by atoms with Gasteiger partial charge >= 0.3 is 0 Å². The topological polar surface area (TPSA) is 87.7 Å². The number of hydrogen-bond acceptors (Lipinski definition) is 5. The van der Waals surface area contributed by atoms with E-state index in [0.29, 0.717) is 37.2 Å². The molecule has 0 unspecified atom stereocenters. The number of carbonyl (C=O) groups is 3. The zero-order valence-corrected chi connectivity index (χ0v) is 19.6. The molecule has 1 saturated heterocycles. The number of carbonyl (C=O) groups excluding carboxylic acids is 3. The molecule has 0 radical (unpaired) electrons. The highest BCUT2D eigenvalue weighted by Crippen LogP contribution is 2.24. The number of nitrogens with one attached hydrogen (secondary N) is 2. The van der Waals surface area contributed by atoms with Crippen molar-refractivity contribution in [3.05, 3.63) is 52.2 Å². The molecule has 32 heavy (non-hydrogen) atoms. The predicted octanol–water partition coefficient (Wildman–Crippen LogP) is 3.32. The summed E-state index contributed by atoms with van der Waals surface area (Å²) in [5.74, 6) is 0.0584. The van der Waals surface area contributed by atoms with Crippen LogP contribution in [0.1, 0.15) is 53.1 Å². The Kier molecular flexibility index (Phi) is 8.27. The summed E-state index contributed by atoms with van der Waals surface area (Å²) >= 11 is 1.43. The standard InChI is InChI=1S/C24H31N3O4S/c1-4-16(2)25-23(29)21(26-22(28)18-7-5-8-19(15-18)31-3)17-10-12-27(13-11-17)24(30)20-9-6-14-32-20/h5-9,14-17,21H,4,10-13H2,1-3H3,(H,25,29)(H,26,28)/t16-,21-/m1/s1. The highest BCUT2D eigenvalue weighted by molar-refractivity contribution is 7.12. The smallest absolute Gasteiger partial charge is 0.263 e. The van der Waals surface area contributed by atoms with E-state index in [1.165, 1.54) is 11.3 Å². The zero-order chi connectivity index (χ0) is 23.1. The molecule has 1 aromatic carbocycles. The fourth-order valence-electron chi connectivity index (χ4n) is 3.81. The number of methoxy groups -OCH3 is 1. The largest absolute Gasteiger partial charge is 0.497 e. The Balaban J connectivity index is 1.70. The van der Waals surface area contributed by atoms with E-state index in [9.17, 15) is 14.4 Å². The lowest BCUT2D eigenvalue weighted by Crippen LogP contribution is -2.55. The second-order valence-corrected chi connectivity index (χ2v) is 9.06. The van der Waals surface area contributed by atoms with Gasteiger partial charge in [0.25, 0.3) is 11.8 Å². The third-order valence-electron chi connectivity index (χ3n) is 5.93. The molecule has 3 amide bonds. The number of benzene rings is 1. The molecular weight excluding hydrogens is 426 g/mol. The first kappa shape index (κ1) is 23.8. The van der Waals surface area contributed by atoms with Gasteiger partial charge in [-0.05, 0) is 61.7 Å². The van der Waals surface area contributed by atoms with Crippen molar-refractivity contribution in [1.29, 1.82) is 0 Å². The second kappa shape index (κ2) is 11.1. The summed E-state index contributed by atoms with van der Waals surface area (Å²) in [6, 6.07) is 9.91. The van der Waals surface area contributed by atoms with Crippen molar-refractivity contribution in [1.82, 2.24) is 15.5 Å². The molecule has 2 aromatic rings. The SMILES string of the molecule is CC[C@@H](C)NC(=O)[C@H](NC(=O)c1cccc(OC)c1)C1CCN(C(=O)c2cccs2)CC1. The first-order chi connectivity index (χ1) is 15.4. The van der Waals surface area contributed by atoms with Crippen molar-refractivity contribution in [2.75, 3.05) is 20.2 Å². The number of amides is 3. The molecule has 2 atom stereocenters. The van der Waals surface area contributed by atoms with E-state index in [-0.39, 0.29) is 29.7 Å². The summed E-state index contributed by atoms with van der Waals surface area (Å²) in [6.45, 7) is 5.07. The van der Waals surface area contributed by atoms with Crippen molar-refractivity contribution in [2.24, 2.45) is 5.92 Å². The highest BCUT2D eigenvalue weighted by Gasteiger charge is 2.34. The normalized spacial score (nSPS) is 16.2. The highest BCUT2D eigenvalue weighted by atomic mass is 32.1. The molecule has 1 aromatic heterocycles. The van der Waals surface area contributed by atoms with E-state index in [1.54, 1.807) is 31.4 Å². The molecule has 8 heteroatoms. The van der Waals surface area contributed by atoms with Gasteiger partial charge < -0.3 is 20.3 Å². The van der Waals surface area contributed by atoms with Crippen LogP contribution in [-0.4, -0.2) is 54.9 Å². The molecule has 1 fully saturated rings. The summed E-state index contributed by atoms with van der Waals surface area (Å²) in [5, 5.41) is 7.84. The van der Waals surface area contributed by atoms with E-state index in [4.69, 9.17) is 4.74 Å². The quantitative estimate of drug-likeness (QED) is 0.637. The minimum atomic E-state index is -0.665. The second-order valence-electron chi connectivity index (χ2n) is 8.11. The van der Waals surface area contributed by atoms with Gasteiger partial charge in [-0.3, -0.25) is 14.4 Å². The van der Waals surface area contributed by atoms with Crippen molar-refractivity contribution in [3.63, 3.8) is 0 Å². The molecule has 3 rings (SSSR count). The average molecular weight is 458 g/mol. The third kappa shape index (κ3) is 5.88. The van der Waals surface area contributed by atoms with Crippen molar-refractivity contribution < 1.29 is 19.1 Å². The zero-order valence-electron chi connectivity index (χ0n) is 18.8. The van der Waals surface area contributed by atoms with Gasteiger partial charge in [-0.1, -0.05) is 19.1 Å². The fourth-order valence-corrected chi connectivity index (χ4v) is 4.50. The molecule has 0 saturated carbocycles. The summed E-state index contributed by atoms with van der Waals surface area (Å²) in [7, 11) is 1.55. The molecule has 7 nitrogen and oxygen atoms in total. The molecule has 2 heterocycles. The van der Waals surface area contributed by atoms with Crippen LogP contribution in [0.2, 0.25) is 0 Å². The molecule has 0 bridgehead atoms. The molecule has 0 spiro atoms. The number of hydrogen-bond donors (Lipinski definition) is 2. The lowest BCUT2D eigenvalue weighted by molar-refractivity contribution is -0.125. The van der Waals surface area contributed by atoms with E-state index < -0.39 is 6.04 Å². The van der Waals surface area contributed by atoms with Gasteiger partial charge in [-0.2, -0.15) is 0 Å². The minimum Gasteiger partial charge on any atom is -0.497 e. The van der Waals surface area contributed by atoms with E-state index >= 15 is 0 Å². The monoisotopic (exact) mass is 457 g/mol. The van der Waals surface area contributed by atoms with Gasteiger partial charge in [0.05, 0.1) is 12.0 Å². The number of rotatable bonds is 8. The van der Waals surface area contributed by atoms with Crippen LogP contribution in [0.5, 0.6) is 5.75 Å². The van der Waals surface area contributed by atoms with Gasteiger partial charge in [0.1, 0.15) is 11.8 Å². The Morgan fingerprint density at radius 1 is 1.16 bits per heavy atom. The Labute approximate surface area is 193 Å². The van der Waals surface area contributed by atoms with Gasteiger partial charge in [0.2, 0.25) is 5.91 Å². The molecule has 2 N–H and O–H groups in total. The Hall–Kier alpha value is -2.87. The predicted molar refractivity (Wildman–Crippen MR) is 125 cm³/mol. The van der Waals surface area contributed by atoms with Gasteiger partial charge in [0.15, 0.2) is 0 Å². The van der Waals surface area contributed by atoms with Crippen LogP contribution in [0.15, 0.2) is 41.8 Å². The summed E-state index contributed by atoms with van der Waals surface area (Å²) in [6.07, 6.45) is 2.10. The van der Waals surface area contributed by atoms with Gasteiger partial charge in [-0.15, -0.1) is 11.3 Å². The molecule has 1 aliphatic rings. The van der Waals surface area contributed by atoms with Crippen LogP contribution in [0.25, 0.3) is 0 Å². The number of thiophene rings is 1. The number of nitrogens with zero attached hydrogens (tertiary/aromatic N) is 1. The van der Waals surface area contributed by atoms with Gasteiger partial charge in [-0.25, -0.2) is 0 Å². The molecular formula is C24H31N3O4S. The molecule has 1 aliphatic heterocycles. The maximum absolute atomic E-state index is 13.1. The van der Waals surface area contributed by atoms with Crippen molar-refractivity contribution in [2.45, 2.75) is 45.2 Å². The molecule has 0 aliphatic carbocycles. The van der Waals surface area contributed by atoms with Crippen LogP contribution >= 0.6 is 11.3 Å². The van der Waals surface area contributed by atoms with Crippen LogP contribution in [-0.2, 0) is 4.79 Å². The lowest BCUT2D eigenvalue weighted by Gasteiger charge is -2.36. The summed E-state index contributed by atoms with van der Waals surface area (Å²) in [5.41, 5.74) is 0.441. The van der Waals surface area contributed by atoms with Crippen LogP contribution < -0.4 is 15.4 Å². The first-order valence-electron chi connectivity index (χ1n) is 11.0. The van der Waals surface area contributed by atoms with Gasteiger partial charge in [0, 0.05) is 24.7 Å². The van der Waals surface area contributed by atoms with E-state index in [2.05, 4.69) is 10.6 Å². The lowest BCUT2D eigenvalue weighted by atomic mass is 9.88. The first-order valence-corrected chi connectivity index (χ1v) is 11.9. The van der Waals surface area contributed by atoms with E-state index in [1.807, 2.05) is 36.3 Å². The Morgan fingerprint density at radius 2 is 1.91 bits per heavy atom. The average Bonchev–Trinajstić information content (AvgIpc) is 3.37. The maximum atomic E-state index is 13.1.